The van der Waals surface area contributed by atoms with Crippen LogP contribution < -0.4 is 5.32 Å². The zero-order chi connectivity index (χ0) is 15.9. The number of carbonyl (C=O) groups is 1. The Morgan fingerprint density at radius 3 is 2.78 bits per heavy atom. The molecule has 3 rings (SSSR count). The van der Waals surface area contributed by atoms with Crippen LogP contribution in [0.3, 0.4) is 0 Å². The number of hydrogen-bond donors (Lipinski definition) is 1. The lowest BCUT2D eigenvalue weighted by molar-refractivity contribution is -0.129. The van der Waals surface area contributed by atoms with E-state index < -0.39 is 6.23 Å². The average Bonchev–Trinajstić information content (AvgIpc) is 3.05. The van der Waals surface area contributed by atoms with Gasteiger partial charge in [0.2, 0.25) is 0 Å². The predicted molar refractivity (Wildman–Crippen MR) is 88.3 cm³/mol. The van der Waals surface area contributed by atoms with Gasteiger partial charge in [0, 0.05) is 25.6 Å². The van der Waals surface area contributed by atoms with E-state index >= 15 is 0 Å². The van der Waals surface area contributed by atoms with Crippen molar-refractivity contribution in [3.05, 3.63) is 35.9 Å². The minimum Gasteiger partial charge on any atom is -0.379 e. The number of nitrogens with zero attached hydrogens (tertiary/aromatic N) is 1. The summed E-state index contributed by atoms with van der Waals surface area (Å²) in [5.41, 5.74) is 1.27. The highest BCUT2D eigenvalue weighted by Crippen LogP contribution is 2.12. The van der Waals surface area contributed by atoms with Crippen molar-refractivity contribution < 1.29 is 14.3 Å². The molecule has 2 saturated heterocycles. The van der Waals surface area contributed by atoms with Crippen LogP contribution in [0.4, 0.5) is 0 Å². The van der Waals surface area contributed by atoms with Gasteiger partial charge < -0.3 is 9.47 Å². The van der Waals surface area contributed by atoms with Gasteiger partial charge in [-0.2, -0.15) is 0 Å². The molecule has 2 aliphatic heterocycles. The maximum Gasteiger partial charge on any atom is 0.176 e. The lowest BCUT2D eigenvalue weighted by atomic mass is 10.1. The first-order valence-electron chi connectivity index (χ1n) is 8.55. The van der Waals surface area contributed by atoms with E-state index in [1.165, 1.54) is 5.56 Å². The van der Waals surface area contributed by atoms with Crippen LogP contribution in [-0.2, 0) is 20.7 Å². The van der Waals surface area contributed by atoms with E-state index in [0.29, 0.717) is 13.0 Å². The van der Waals surface area contributed by atoms with E-state index in [4.69, 9.17) is 9.47 Å². The van der Waals surface area contributed by atoms with Crippen molar-refractivity contribution in [2.24, 2.45) is 0 Å². The minimum atomic E-state index is -0.423. The monoisotopic (exact) mass is 318 g/mol. The molecule has 0 radical (unpaired) electrons. The molecule has 0 aliphatic carbocycles. The second kappa shape index (κ2) is 8.55. The highest BCUT2D eigenvalue weighted by atomic mass is 16.5. The number of hydrogen-bond acceptors (Lipinski definition) is 5. The van der Waals surface area contributed by atoms with Crippen LogP contribution in [0.1, 0.15) is 18.4 Å². The summed E-state index contributed by atoms with van der Waals surface area (Å²) in [5.74, 6) is 0.175. The number of benzene rings is 1. The van der Waals surface area contributed by atoms with Crippen molar-refractivity contribution >= 4 is 5.78 Å². The molecule has 0 aromatic heterocycles. The molecule has 0 amide bonds. The molecular formula is C18H26N2O3. The fourth-order valence-corrected chi connectivity index (χ4v) is 3.16. The standard InChI is InChI=1S/C18H26N2O3/c21-17(7-4-8-20-9-11-22-12-10-20)18-19-16(14-23-18)13-15-5-2-1-3-6-15/h1-3,5-6,16,18-19H,4,7-14H2. The Balaban J connectivity index is 1.35. The van der Waals surface area contributed by atoms with Gasteiger partial charge in [0.15, 0.2) is 12.0 Å². The van der Waals surface area contributed by atoms with Crippen LogP contribution >= 0.6 is 0 Å². The van der Waals surface area contributed by atoms with Crippen LogP contribution in [-0.4, -0.2) is 62.4 Å². The zero-order valence-electron chi connectivity index (χ0n) is 13.6. The van der Waals surface area contributed by atoms with Gasteiger partial charge in [0.25, 0.3) is 0 Å². The summed E-state index contributed by atoms with van der Waals surface area (Å²) in [4.78, 5) is 14.6. The third kappa shape index (κ3) is 5.11. The van der Waals surface area contributed by atoms with E-state index in [0.717, 1.165) is 45.7 Å². The third-order valence-corrected chi connectivity index (χ3v) is 4.47. The molecule has 1 N–H and O–H groups in total. The van der Waals surface area contributed by atoms with Gasteiger partial charge in [-0.1, -0.05) is 30.3 Å². The summed E-state index contributed by atoms with van der Waals surface area (Å²) in [6.07, 6.45) is 1.95. The Hall–Kier alpha value is -1.27. The largest absolute Gasteiger partial charge is 0.379 e. The van der Waals surface area contributed by atoms with Crippen LogP contribution in [0.25, 0.3) is 0 Å². The van der Waals surface area contributed by atoms with Gasteiger partial charge in [-0.25, -0.2) is 0 Å². The third-order valence-electron chi connectivity index (χ3n) is 4.47. The van der Waals surface area contributed by atoms with Crippen molar-refractivity contribution in [3.8, 4) is 0 Å². The van der Waals surface area contributed by atoms with E-state index in [-0.39, 0.29) is 11.8 Å². The number of morpholine rings is 1. The number of ether oxygens (including phenoxy) is 2. The Kier molecular flexibility index (Phi) is 6.16. The summed E-state index contributed by atoms with van der Waals surface area (Å²) in [7, 11) is 0. The molecule has 0 bridgehead atoms. The molecule has 2 heterocycles. The Morgan fingerprint density at radius 1 is 1.22 bits per heavy atom. The zero-order valence-corrected chi connectivity index (χ0v) is 13.6. The molecule has 0 saturated carbocycles. The quantitative estimate of drug-likeness (QED) is 0.819. The number of ketones is 1. The van der Waals surface area contributed by atoms with Gasteiger partial charge in [-0.3, -0.25) is 15.0 Å². The Labute approximate surface area is 137 Å². The molecule has 0 spiro atoms. The summed E-state index contributed by atoms with van der Waals surface area (Å²) in [6.45, 7) is 5.14. The maximum absolute atomic E-state index is 12.3. The molecule has 1 aromatic carbocycles. The maximum atomic E-state index is 12.3. The average molecular weight is 318 g/mol. The second-order valence-electron chi connectivity index (χ2n) is 6.29. The summed E-state index contributed by atoms with van der Waals surface area (Å²) in [6, 6.07) is 10.5. The number of rotatable bonds is 7. The van der Waals surface area contributed by atoms with E-state index in [1.807, 2.05) is 18.2 Å². The minimum absolute atomic E-state index is 0.175. The van der Waals surface area contributed by atoms with Gasteiger partial charge in [-0.05, 0) is 24.9 Å². The fourth-order valence-electron chi connectivity index (χ4n) is 3.16. The predicted octanol–water partition coefficient (Wildman–Crippen LogP) is 1.23. The molecule has 2 atom stereocenters. The molecular weight excluding hydrogens is 292 g/mol. The van der Waals surface area contributed by atoms with Gasteiger partial charge >= 0.3 is 0 Å². The van der Waals surface area contributed by atoms with Gasteiger partial charge in [-0.15, -0.1) is 0 Å². The van der Waals surface area contributed by atoms with E-state index in [9.17, 15) is 4.79 Å². The van der Waals surface area contributed by atoms with Gasteiger partial charge in [0.05, 0.1) is 19.8 Å². The van der Waals surface area contributed by atoms with Crippen molar-refractivity contribution in [1.29, 1.82) is 0 Å². The molecule has 1 aromatic rings. The van der Waals surface area contributed by atoms with Crippen LogP contribution in [0.5, 0.6) is 0 Å². The summed E-state index contributed by atoms with van der Waals surface area (Å²) >= 11 is 0. The first-order valence-corrected chi connectivity index (χ1v) is 8.55. The smallest absolute Gasteiger partial charge is 0.176 e. The number of Topliss-reactive ketones (excluding diaryl/α,β-unsaturated/α-hetero) is 1. The van der Waals surface area contributed by atoms with E-state index in [2.05, 4.69) is 22.3 Å². The molecule has 5 nitrogen and oxygen atoms in total. The first-order chi connectivity index (χ1) is 11.3. The molecule has 126 valence electrons. The molecule has 5 heteroatoms. The highest BCUT2D eigenvalue weighted by Gasteiger charge is 2.29. The second-order valence-corrected chi connectivity index (χ2v) is 6.29. The lowest BCUT2D eigenvalue weighted by Gasteiger charge is -2.26. The number of nitrogens with one attached hydrogen (secondary N) is 1. The topological polar surface area (TPSA) is 50.8 Å². The lowest BCUT2D eigenvalue weighted by Crippen LogP contribution is -2.39. The molecule has 23 heavy (non-hydrogen) atoms. The summed E-state index contributed by atoms with van der Waals surface area (Å²) < 4.78 is 11.0. The molecule has 2 unspecified atom stereocenters. The van der Waals surface area contributed by atoms with Crippen molar-refractivity contribution in [2.45, 2.75) is 31.5 Å². The fraction of sp³-hybridized carbons (Fsp3) is 0.611. The first kappa shape index (κ1) is 16.6. The van der Waals surface area contributed by atoms with E-state index in [1.54, 1.807) is 0 Å². The van der Waals surface area contributed by atoms with Crippen molar-refractivity contribution in [3.63, 3.8) is 0 Å². The van der Waals surface area contributed by atoms with Crippen LogP contribution in [0.2, 0.25) is 0 Å². The van der Waals surface area contributed by atoms with Crippen LogP contribution in [0, 0.1) is 0 Å². The van der Waals surface area contributed by atoms with Crippen molar-refractivity contribution in [2.75, 3.05) is 39.5 Å². The SMILES string of the molecule is O=C(CCCN1CCOCC1)C1NC(Cc2ccccc2)CO1. The van der Waals surface area contributed by atoms with Crippen molar-refractivity contribution in [1.82, 2.24) is 10.2 Å². The normalized spacial score (nSPS) is 25.6. The Bertz CT molecular complexity index is 488. The number of carbonyl (C=O) groups excluding carboxylic acids is 1. The Morgan fingerprint density at radius 2 is 2.00 bits per heavy atom. The highest BCUT2D eigenvalue weighted by molar-refractivity contribution is 5.82. The van der Waals surface area contributed by atoms with Gasteiger partial charge in [0.1, 0.15) is 0 Å². The van der Waals surface area contributed by atoms with Crippen LogP contribution in [0.15, 0.2) is 30.3 Å². The molecule has 2 fully saturated rings. The summed E-state index contributed by atoms with van der Waals surface area (Å²) in [5, 5.41) is 3.32. The molecule has 2 aliphatic rings.